The second-order valence-corrected chi connectivity index (χ2v) is 7.37. The van der Waals surface area contributed by atoms with Gasteiger partial charge in [0.2, 0.25) is 5.91 Å². The van der Waals surface area contributed by atoms with Crippen LogP contribution in [-0.2, 0) is 4.79 Å². The van der Waals surface area contributed by atoms with Crippen LogP contribution in [-0.4, -0.2) is 11.0 Å². The number of anilines is 1. The van der Waals surface area contributed by atoms with Gasteiger partial charge in [-0.25, -0.2) is 4.39 Å². The summed E-state index contributed by atoms with van der Waals surface area (Å²) in [6.07, 6.45) is 2.79. The van der Waals surface area contributed by atoms with Gasteiger partial charge in [0.05, 0.1) is 5.69 Å². The summed E-state index contributed by atoms with van der Waals surface area (Å²) in [7, 11) is 0. The van der Waals surface area contributed by atoms with Crippen molar-refractivity contribution in [1.29, 1.82) is 0 Å². The predicted octanol–water partition coefficient (Wildman–Crippen LogP) is 6.03. The number of hydrogen-bond acceptors (Lipinski definition) is 3. The van der Waals surface area contributed by atoms with E-state index in [1.165, 1.54) is 24.3 Å². The molecule has 0 aliphatic heterocycles. The zero-order valence-electron chi connectivity index (χ0n) is 14.2. The fourth-order valence-electron chi connectivity index (χ4n) is 2.27. The summed E-state index contributed by atoms with van der Waals surface area (Å²) in [6.45, 7) is 0. The molecule has 0 saturated carbocycles. The minimum atomic E-state index is -0.494. The normalized spacial score (nSPS) is 10.8. The number of amides is 1. The van der Waals surface area contributed by atoms with Crippen LogP contribution in [0.1, 0.15) is 5.76 Å². The lowest BCUT2D eigenvalue weighted by Crippen LogP contribution is -2.33. The molecule has 2 N–H and O–H groups in total. The summed E-state index contributed by atoms with van der Waals surface area (Å²) in [5.74, 6) is 0.184. The lowest BCUT2D eigenvalue weighted by Gasteiger charge is -2.09. The molecule has 8 heteroatoms. The Morgan fingerprint density at radius 2 is 1.89 bits per heavy atom. The van der Waals surface area contributed by atoms with Gasteiger partial charge in [-0.15, -0.1) is 0 Å². The highest BCUT2D eigenvalue weighted by molar-refractivity contribution is 9.10. The first-order valence-electron chi connectivity index (χ1n) is 8.01. The van der Waals surface area contributed by atoms with Crippen molar-refractivity contribution in [2.75, 3.05) is 5.32 Å². The second-order valence-electron chi connectivity index (χ2n) is 5.61. The van der Waals surface area contributed by atoms with Crippen LogP contribution in [0.2, 0.25) is 5.02 Å². The topological polar surface area (TPSA) is 54.3 Å². The number of hydrogen-bond donors (Lipinski definition) is 2. The van der Waals surface area contributed by atoms with Gasteiger partial charge in [-0.1, -0.05) is 27.5 Å². The van der Waals surface area contributed by atoms with Crippen molar-refractivity contribution in [3.05, 3.63) is 81.7 Å². The molecule has 0 radical (unpaired) electrons. The third-order valence-corrected chi connectivity index (χ3v) is 4.52. The first-order chi connectivity index (χ1) is 13.4. The lowest BCUT2D eigenvalue weighted by molar-refractivity contribution is -0.115. The molecule has 1 heterocycles. The van der Waals surface area contributed by atoms with Crippen LogP contribution in [0.3, 0.4) is 0 Å². The van der Waals surface area contributed by atoms with Crippen molar-refractivity contribution < 1.29 is 13.6 Å². The maximum atomic E-state index is 13.8. The molecule has 0 fully saturated rings. The van der Waals surface area contributed by atoms with Gasteiger partial charge in [0, 0.05) is 21.1 Å². The van der Waals surface area contributed by atoms with Crippen LogP contribution in [0.25, 0.3) is 17.4 Å². The third kappa shape index (κ3) is 5.51. The van der Waals surface area contributed by atoms with Gasteiger partial charge in [0.1, 0.15) is 17.3 Å². The molecule has 3 rings (SSSR count). The standard InChI is InChI=1S/C20H13BrClFN2O2S/c21-13-3-8-17(16(23)11-13)24-20(28)25-19(26)10-7-15-6-9-18(27-15)12-1-4-14(22)5-2-12/h1-11H,(H2,24,25,26,28). The van der Waals surface area contributed by atoms with E-state index < -0.39 is 11.7 Å². The minimum absolute atomic E-state index is 0.0165. The van der Waals surface area contributed by atoms with Crippen molar-refractivity contribution >= 4 is 62.5 Å². The average molecular weight is 480 g/mol. The van der Waals surface area contributed by atoms with Crippen LogP contribution in [0.5, 0.6) is 0 Å². The van der Waals surface area contributed by atoms with Gasteiger partial charge < -0.3 is 9.73 Å². The monoisotopic (exact) mass is 478 g/mol. The summed E-state index contributed by atoms with van der Waals surface area (Å²) in [6, 6.07) is 15.2. The highest BCUT2D eigenvalue weighted by atomic mass is 79.9. The van der Waals surface area contributed by atoms with Crippen LogP contribution in [0.15, 0.2) is 69.6 Å². The van der Waals surface area contributed by atoms with Gasteiger partial charge in [-0.05, 0) is 72.9 Å². The number of carbonyl (C=O) groups excluding carboxylic acids is 1. The number of halogens is 3. The van der Waals surface area contributed by atoms with Gasteiger partial charge in [0.25, 0.3) is 0 Å². The Labute approximate surface area is 179 Å². The van der Waals surface area contributed by atoms with Crippen LogP contribution < -0.4 is 10.6 Å². The molecule has 1 aromatic heterocycles. The Morgan fingerprint density at radius 1 is 1.14 bits per heavy atom. The summed E-state index contributed by atoms with van der Waals surface area (Å²) >= 11 is 14.1. The summed E-state index contributed by atoms with van der Waals surface area (Å²) in [5.41, 5.74) is 1.03. The molecular weight excluding hydrogens is 467 g/mol. The Hall–Kier alpha value is -2.48. The average Bonchev–Trinajstić information content (AvgIpc) is 3.12. The molecule has 1 amide bonds. The van der Waals surface area contributed by atoms with Gasteiger partial charge in [-0.2, -0.15) is 0 Å². The number of carbonyl (C=O) groups is 1. The largest absolute Gasteiger partial charge is 0.457 e. The number of nitrogens with one attached hydrogen (secondary N) is 2. The zero-order chi connectivity index (χ0) is 20.1. The Morgan fingerprint density at radius 3 is 2.61 bits per heavy atom. The molecule has 0 unspecified atom stereocenters. The van der Waals surface area contributed by atoms with Crippen molar-refractivity contribution in [3.63, 3.8) is 0 Å². The fourth-order valence-corrected chi connectivity index (χ4v) is 2.94. The minimum Gasteiger partial charge on any atom is -0.457 e. The maximum Gasteiger partial charge on any atom is 0.250 e. The number of thiocarbonyl (C=S) groups is 1. The molecule has 0 aliphatic carbocycles. The van der Waals surface area contributed by atoms with Crippen LogP contribution in [0, 0.1) is 5.82 Å². The van der Waals surface area contributed by atoms with Crippen LogP contribution >= 0.6 is 39.7 Å². The molecule has 0 spiro atoms. The molecule has 28 heavy (non-hydrogen) atoms. The van der Waals surface area contributed by atoms with Crippen molar-refractivity contribution in [3.8, 4) is 11.3 Å². The smallest absolute Gasteiger partial charge is 0.250 e. The molecule has 142 valence electrons. The van der Waals surface area contributed by atoms with E-state index in [9.17, 15) is 9.18 Å². The summed E-state index contributed by atoms with van der Waals surface area (Å²) in [4.78, 5) is 12.0. The van der Waals surface area contributed by atoms with Gasteiger partial charge in [-0.3, -0.25) is 10.1 Å². The summed E-state index contributed by atoms with van der Waals surface area (Å²) < 4.78 is 20.1. The molecule has 0 atom stereocenters. The van der Waals surface area contributed by atoms with Gasteiger partial charge >= 0.3 is 0 Å². The number of rotatable bonds is 4. The highest BCUT2D eigenvalue weighted by Gasteiger charge is 2.07. The van der Waals surface area contributed by atoms with Crippen molar-refractivity contribution in [2.45, 2.75) is 0 Å². The molecule has 0 bridgehead atoms. The van der Waals surface area contributed by atoms with E-state index in [4.69, 9.17) is 28.2 Å². The zero-order valence-corrected chi connectivity index (χ0v) is 17.4. The first-order valence-corrected chi connectivity index (χ1v) is 9.59. The highest BCUT2D eigenvalue weighted by Crippen LogP contribution is 2.24. The van der Waals surface area contributed by atoms with E-state index in [0.29, 0.717) is 21.0 Å². The molecule has 3 aromatic rings. The quantitative estimate of drug-likeness (QED) is 0.354. The van der Waals surface area contributed by atoms with E-state index in [-0.39, 0.29) is 10.8 Å². The first kappa shape index (κ1) is 20.3. The van der Waals surface area contributed by atoms with Gasteiger partial charge in [0.15, 0.2) is 5.11 Å². The van der Waals surface area contributed by atoms with E-state index >= 15 is 0 Å². The molecular formula is C20H13BrClFN2O2S. The SMILES string of the molecule is O=C(C=Cc1ccc(-c2ccc(Cl)cc2)o1)NC(=S)Nc1ccc(Br)cc1F. The third-order valence-electron chi connectivity index (χ3n) is 3.57. The molecule has 2 aromatic carbocycles. The predicted molar refractivity (Wildman–Crippen MR) is 117 cm³/mol. The molecule has 0 aliphatic rings. The molecule has 4 nitrogen and oxygen atoms in total. The second kappa shape index (κ2) is 9.14. The molecule has 0 saturated heterocycles. The van der Waals surface area contributed by atoms with E-state index in [1.807, 2.05) is 12.1 Å². The Kier molecular flexibility index (Phi) is 6.61. The lowest BCUT2D eigenvalue weighted by atomic mass is 10.2. The van der Waals surface area contributed by atoms with E-state index in [1.54, 1.807) is 30.3 Å². The van der Waals surface area contributed by atoms with E-state index in [2.05, 4.69) is 26.6 Å². The van der Waals surface area contributed by atoms with E-state index in [0.717, 1.165) is 5.56 Å². The maximum absolute atomic E-state index is 13.8. The number of benzene rings is 2. The van der Waals surface area contributed by atoms with Crippen LogP contribution in [0.4, 0.5) is 10.1 Å². The Bertz CT molecular complexity index is 1050. The number of furan rings is 1. The fraction of sp³-hybridized carbons (Fsp3) is 0. The summed E-state index contributed by atoms with van der Waals surface area (Å²) in [5, 5.41) is 5.70. The van der Waals surface area contributed by atoms with Crippen molar-refractivity contribution in [1.82, 2.24) is 5.32 Å². The van der Waals surface area contributed by atoms with Crippen molar-refractivity contribution in [2.24, 2.45) is 0 Å². The Balaban J connectivity index is 1.57.